The molecule has 1 aliphatic heterocycles. The Balaban J connectivity index is 1.61. The van der Waals surface area contributed by atoms with E-state index in [2.05, 4.69) is 5.32 Å². The van der Waals surface area contributed by atoms with Crippen molar-refractivity contribution in [1.29, 1.82) is 0 Å². The predicted molar refractivity (Wildman–Crippen MR) is 94.1 cm³/mol. The second-order valence-electron chi connectivity index (χ2n) is 6.55. The predicted octanol–water partition coefficient (Wildman–Crippen LogP) is 2.67. The van der Waals surface area contributed by atoms with Crippen LogP contribution in [0.3, 0.4) is 0 Å². The fraction of sp³-hybridized carbons (Fsp3) is 0.350. The van der Waals surface area contributed by atoms with E-state index in [1.54, 1.807) is 0 Å². The maximum atomic E-state index is 12.2. The van der Waals surface area contributed by atoms with Crippen LogP contribution < -0.4 is 5.32 Å². The van der Waals surface area contributed by atoms with Crippen molar-refractivity contribution in [2.24, 2.45) is 0 Å². The number of epoxide rings is 1. The lowest BCUT2D eigenvalue weighted by Gasteiger charge is -2.26. The maximum Gasteiger partial charge on any atom is 0.407 e. The molecule has 5 heteroatoms. The number of hydrogen-bond acceptors (Lipinski definition) is 4. The van der Waals surface area contributed by atoms with Crippen LogP contribution in [0.4, 0.5) is 4.79 Å². The highest BCUT2D eigenvalue weighted by atomic mass is 16.6. The first-order chi connectivity index (χ1) is 12.1. The molecule has 1 fully saturated rings. The third-order valence-electron chi connectivity index (χ3n) is 4.42. The molecule has 5 nitrogen and oxygen atoms in total. The summed E-state index contributed by atoms with van der Waals surface area (Å²) in [6.07, 6.45) is -0.855. The molecule has 0 aromatic heterocycles. The molecule has 2 N–H and O–H groups in total. The summed E-state index contributed by atoms with van der Waals surface area (Å²) in [6, 6.07) is 18.7. The number of alkyl carbamates (subject to hydrolysis) is 1. The normalized spacial score (nSPS) is 21.2. The highest BCUT2D eigenvalue weighted by Crippen LogP contribution is 2.32. The van der Waals surface area contributed by atoms with Crippen LogP contribution in [0, 0.1) is 0 Å². The average molecular weight is 341 g/mol. The number of ether oxygens (including phenoxy) is 2. The van der Waals surface area contributed by atoms with Crippen LogP contribution in [0.15, 0.2) is 60.7 Å². The fourth-order valence-electron chi connectivity index (χ4n) is 2.74. The topological polar surface area (TPSA) is 71.1 Å². The molecule has 0 aliphatic carbocycles. The molecule has 25 heavy (non-hydrogen) atoms. The molecule has 3 rings (SSSR count). The first-order valence-electron chi connectivity index (χ1n) is 8.40. The van der Waals surface area contributed by atoms with Gasteiger partial charge in [0.1, 0.15) is 18.3 Å². The Morgan fingerprint density at radius 3 is 2.28 bits per heavy atom. The third kappa shape index (κ3) is 4.81. The van der Waals surface area contributed by atoms with Gasteiger partial charge < -0.3 is 19.9 Å². The fourth-order valence-corrected chi connectivity index (χ4v) is 2.74. The second kappa shape index (κ2) is 7.68. The van der Waals surface area contributed by atoms with Crippen molar-refractivity contribution < 1.29 is 19.4 Å². The van der Waals surface area contributed by atoms with Gasteiger partial charge in [0.15, 0.2) is 0 Å². The van der Waals surface area contributed by atoms with Crippen molar-refractivity contribution in [1.82, 2.24) is 5.32 Å². The summed E-state index contributed by atoms with van der Waals surface area (Å²) in [4.78, 5) is 12.2. The number of amides is 1. The standard InChI is InChI=1S/C20H23NO4/c1-20(14-25-20)18(22)17(12-15-8-4-2-5-9-15)21-19(23)24-13-16-10-6-3-7-11-16/h2-11,17-18,22H,12-14H2,1H3,(H,21,23)/t17?,18-,20+/m0/s1. The monoisotopic (exact) mass is 341 g/mol. The van der Waals surface area contributed by atoms with E-state index >= 15 is 0 Å². The molecule has 1 heterocycles. The molecule has 0 radical (unpaired) electrons. The largest absolute Gasteiger partial charge is 0.445 e. The van der Waals surface area contributed by atoms with Gasteiger partial charge in [-0.25, -0.2) is 4.79 Å². The zero-order valence-corrected chi connectivity index (χ0v) is 14.2. The Morgan fingerprint density at radius 2 is 1.72 bits per heavy atom. The Kier molecular flexibility index (Phi) is 5.36. The molecule has 0 bridgehead atoms. The minimum absolute atomic E-state index is 0.189. The Bertz CT molecular complexity index is 685. The van der Waals surface area contributed by atoms with Crippen molar-refractivity contribution in [3.05, 3.63) is 71.8 Å². The molecular formula is C20H23NO4. The number of carbonyl (C=O) groups excluding carboxylic acids is 1. The van der Waals surface area contributed by atoms with Gasteiger partial charge in [-0.2, -0.15) is 0 Å². The van der Waals surface area contributed by atoms with Crippen molar-refractivity contribution >= 4 is 6.09 Å². The van der Waals surface area contributed by atoms with Gasteiger partial charge in [-0.1, -0.05) is 60.7 Å². The minimum atomic E-state index is -0.808. The number of carbonyl (C=O) groups is 1. The molecule has 1 unspecified atom stereocenters. The van der Waals surface area contributed by atoms with Crippen molar-refractivity contribution in [2.45, 2.75) is 37.7 Å². The summed E-state index contributed by atoms with van der Waals surface area (Å²) < 4.78 is 10.6. The van der Waals surface area contributed by atoms with Gasteiger partial charge >= 0.3 is 6.09 Å². The number of benzene rings is 2. The Morgan fingerprint density at radius 1 is 1.16 bits per heavy atom. The second-order valence-corrected chi connectivity index (χ2v) is 6.55. The highest BCUT2D eigenvalue weighted by Gasteiger charge is 2.50. The van der Waals surface area contributed by atoms with Crippen molar-refractivity contribution in [3.8, 4) is 0 Å². The molecule has 0 spiro atoms. The van der Waals surface area contributed by atoms with Crippen LogP contribution in [0.25, 0.3) is 0 Å². The maximum absolute atomic E-state index is 12.2. The third-order valence-corrected chi connectivity index (χ3v) is 4.42. The van der Waals surface area contributed by atoms with E-state index in [9.17, 15) is 9.90 Å². The minimum Gasteiger partial charge on any atom is -0.445 e. The lowest BCUT2D eigenvalue weighted by Crippen LogP contribution is -2.50. The van der Waals surface area contributed by atoms with Crippen molar-refractivity contribution in [3.63, 3.8) is 0 Å². The van der Waals surface area contributed by atoms with Gasteiger partial charge in [-0.3, -0.25) is 0 Å². The smallest absolute Gasteiger partial charge is 0.407 e. The zero-order chi connectivity index (χ0) is 17.7. The molecule has 1 amide bonds. The first-order valence-corrected chi connectivity index (χ1v) is 8.40. The van der Waals surface area contributed by atoms with Crippen LogP contribution in [-0.2, 0) is 22.5 Å². The lowest BCUT2D eigenvalue weighted by molar-refractivity contribution is 0.0469. The number of aliphatic hydroxyl groups excluding tert-OH is 1. The number of hydrogen-bond donors (Lipinski definition) is 2. The van der Waals surface area contributed by atoms with Gasteiger partial charge in [-0.05, 0) is 24.5 Å². The molecule has 132 valence electrons. The summed E-state index contributed by atoms with van der Waals surface area (Å²) >= 11 is 0. The van der Waals surface area contributed by atoms with Crippen LogP contribution in [0.1, 0.15) is 18.1 Å². The molecule has 3 atom stereocenters. The number of aliphatic hydroxyl groups is 1. The van der Waals surface area contributed by atoms with E-state index in [0.717, 1.165) is 11.1 Å². The van der Waals surface area contributed by atoms with Crippen LogP contribution >= 0.6 is 0 Å². The molecular weight excluding hydrogens is 318 g/mol. The molecule has 2 aromatic rings. The van der Waals surface area contributed by atoms with Gasteiger partial charge in [0.25, 0.3) is 0 Å². The Hall–Kier alpha value is -2.37. The summed E-state index contributed by atoms with van der Waals surface area (Å²) in [5.41, 5.74) is 1.33. The SMILES string of the molecule is C[C@]1([C@@H](O)C(Cc2ccccc2)NC(=O)OCc2ccccc2)CO1. The first kappa shape index (κ1) is 17.5. The summed E-state index contributed by atoms with van der Waals surface area (Å²) in [7, 11) is 0. The highest BCUT2D eigenvalue weighted by molar-refractivity contribution is 5.67. The molecule has 2 aromatic carbocycles. The van der Waals surface area contributed by atoms with Gasteiger partial charge in [0.2, 0.25) is 0 Å². The quantitative estimate of drug-likeness (QED) is 0.760. The van der Waals surface area contributed by atoms with E-state index in [1.165, 1.54) is 0 Å². The average Bonchev–Trinajstić information content (AvgIpc) is 3.39. The van der Waals surface area contributed by atoms with E-state index in [4.69, 9.17) is 9.47 Å². The van der Waals surface area contributed by atoms with Gasteiger partial charge in [-0.15, -0.1) is 0 Å². The Labute approximate surface area is 147 Å². The lowest BCUT2D eigenvalue weighted by atomic mass is 9.93. The number of nitrogens with one attached hydrogen (secondary N) is 1. The van der Waals surface area contributed by atoms with Gasteiger partial charge in [0.05, 0.1) is 12.6 Å². The molecule has 0 saturated carbocycles. The summed E-state index contributed by atoms with van der Waals surface area (Å²) in [5, 5.41) is 13.4. The zero-order valence-electron chi connectivity index (χ0n) is 14.2. The van der Waals surface area contributed by atoms with E-state index in [1.807, 2.05) is 67.6 Å². The number of rotatable bonds is 7. The van der Waals surface area contributed by atoms with Crippen molar-refractivity contribution in [2.75, 3.05) is 6.61 Å². The summed E-state index contributed by atoms with van der Waals surface area (Å²) in [5.74, 6) is 0. The van der Waals surface area contributed by atoms with Crippen LogP contribution in [-0.4, -0.2) is 35.6 Å². The van der Waals surface area contributed by atoms with Gasteiger partial charge in [0, 0.05) is 0 Å². The van der Waals surface area contributed by atoms with Crippen LogP contribution in [0.2, 0.25) is 0 Å². The van der Waals surface area contributed by atoms with Crippen LogP contribution in [0.5, 0.6) is 0 Å². The van der Waals surface area contributed by atoms with E-state index in [0.29, 0.717) is 13.0 Å². The molecule has 1 saturated heterocycles. The molecule has 1 aliphatic rings. The summed E-state index contributed by atoms with van der Waals surface area (Å²) in [6.45, 7) is 2.52. The van der Waals surface area contributed by atoms with E-state index < -0.39 is 23.8 Å². The van der Waals surface area contributed by atoms with E-state index in [-0.39, 0.29) is 6.61 Å².